The second-order valence-corrected chi connectivity index (χ2v) is 2.08. The molecule has 0 aromatic rings. The molecule has 0 aliphatic rings. The molecule has 0 amide bonds. The fraction of sp³-hybridized carbons (Fsp3) is 0.500. The van der Waals surface area contributed by atoms with Gasteiger partial charge in [-0.1, -0.05) is 13.0 Å². The van der Waals surface area contributed by atoms with Gasteiger partial charge in [-0.15, -0.1) is 0 Å². The van der Waals surface area contributed by atoms with Gasteiger partial charge >= 0.3 is 12.1 Å². The molecule has 0 rings (SSSR count). The van der Waals surface area contributed by atoms with Crippen LogP contribution in [0.1, 0.15) is 20.3 Å². The Hall–Kier alpha value is -1.52. The van der Waals surface area contributed by atoms with Crippen LogP contribution in [0.15, 0.2) is 12.2 Å². The van der Waals surface area contributed by atoms with E-state index in [4.69, 9.17) is 0 Å². The normalized spacial score (nSPS) is 9.69. The highest BCUT2D eigenvalue weighted by molar-refractivity contribution is 5.81. The Morgan fingerprint density at radius 2 is 2.00 bits per heavy atom. The average molecular weight is 188 g/mol. The molecule has 13 heavy (non-hydrogen) atoms. The summed E-state index contributed by atoms with van der Waals surface area (Å²) in [6.45, 7) is 3.70. The van der Waals surface area contributed by atoms with E-state index in [1.165, 1.54) is 6.08 Å². The first-order valence-corrected chi connectivity index (χ1v) is 3.88. The molecule has 0 aliphatic carbocycles. The number of hydrogen-bond acceptors (Lipinski definition) is 5. The molecule has 74 valence electrons. The molecular formula is C8H12O5. The van der Waals surface area contributed by atoms with E-state index in [0.29, 0.717) is 6.42 Å². The van der Waals surface area contributed by atoms with Gasteiger partial charge in [0.1, 0.15) is 0 Å². The van der Waals surface area contributed by atoms with Crippen LogP contribution in [0.4, 0.5) is 4.79 Å². The van der Waals surface area contributed by atoms with E-state index >= 15 is 0 Å². The SMILES string of the molecule is CC=CC(=O)OOC(=O)OCCC. The van der Waals surface area contributed by atoms with Crippen molar-refractivity contribution in [3.8, 4) is 0 Å². The van der Waals surface area contributed by atoms with Gasteiger partial charge < -0.3 is 4.74 Å². The predicted octanol–water partition coefficient (Wildman–Crippen LogP) is 1.58. The van der Waals surface area contributed by atoms with Gasteiger partial charge in [0.15, 0.2) is 0 Å². The van der Waals surface area contributed by atoms with Crippen LogP contribution in [-0.2, 0) is 19.3 Å². The van der Waals surface area contributed by atoms with Gasteiger partial charge in [0, 0.05) is 6.08 Å². The highest BCUT2D eigenvalue weighted by atomic mass is 17.2. The molecule has 0 bridgehead atoms. The van der Waals surface area contributed by atoms with Crippen LogP contribution < -0.4 is 0 Å². The number of allylic oxidation sites excluding steroid dienone is 1. The van der Waals surface area contributed by atoms with Crippen molar-refractivity contribution in [1.82, 2.24) is 0 Å². The molecule has 0 saturated heterocycles. The zero-order valence-electron chi connectivity index (χ0n) is 7.61. The number of hydrogen-bond donors (Lipinski definition) is 0. The molecule has 0 aliphatic heterocycles. The van der Waals surface area contributed by atoms with Crippen LogP contribution >= 0.6 is 0 Å². The second-order valence-electron chi connectivity index (χ2n) is 2.08. The first-order valence-electron chi connectivity index (χ1n) is 3.88. The average Bonchev–Trinajstić information content (AvgIpc) is 2.12. The molecule has 0 aromatic carbocycles. The third-order valence-electron chi connectivity index (χ3n) is 0.919. The monoisotopic (exact) mass is 188 g/mol. The lowest BCUT2D eigenvalue weighted by Gasteiger charge is -2.00. The quantitative estimate of drug-likeness (QED) is 0.291. The van der Waals surface area contributed by atoms with Gasteiger partial charge in [0.25, 0.3) is 0 Å². The summed E-state index contributed by atoms with van der Waals surface area (Å²) in [7, 11) is 0. The minimum atomic E-state index is -1.01. The summed E-state index contributed by atoms with van der Waals surface area (Å²) >= 11 is 0. The maximum atomic E-state index is 10.6. The van der Waals surface area contributed by atoms with Gasteiger partial charge in [-0.2, -0.15) is 4.79 Å². The Kier molecular flexibility index (Phi) is 6.31. The van der Waals surface area contributed by atoms with E-state index in [9.17, 15) is 9.59 Å². The fourth-order valence-electron chi connectivity index (χ4n) is 0.448. The molecule has 0 fully saturated rings. The van der Waals surface area contributed by atoms with Crippen molar-refractivity contribution in [1.29, 1.82) is 0 Å². The van der Waals surface area contributed by atoms with Crippen LogP contribution in [0.3, 0.4) is 0 Å². The summed E-state index contributed by atoms with van der Waals surface area (Å²) in [6.07, 6.45) is 2.24. The number of carbonyl (C=O) groups is 2. The van der Waals surface area contributed by atoms with E-state index in [-0.39, 0.29) is 6.61 Å². The van der Waals surface area contributed by atoms with E-state index in [0.717, 1.165) is 6.08 Å². The van der Waals surface area contributed by atoms with Crippen molar-refractivity contribution >= 4 is 12.1 Å². The lowest BCUT2D eigenvalue weighted by atomic mass is 10.5. The molecule has 5 heteroatoms. The van der Waals surface area contributed by atoms with Gasteiger partial charge in [-0.25, -0.2) is 14.6 Å². The van der Waals surface area contributed by atoms with Gasteiger partial charge in [-0.3, -0.25) is 0 Å². The van der Waals surface area contributed by atoms with Crippen molar-refractivity contribution < 1.29 is 24.1 Å². The molecule has 0 atom stereocenters. The van der Waals surface area contributed by atoms with Crippen LogP contribution in [0.5, 0.6) is 0 Å². The Morgan fingerprint density at radius 1 is 1.31 bits per heavy atom. The lowest BCUT2D eigenvalue weighted by Crippen LogP contribution is -2.11. The van der Waals surface area contributed by atoms with Crippen LogP contribution in [-0.4, -0.2) is 18.7 Å². The molecule has 0 heterocycles. The van der Waals surface area contributed by atoms with Gasteiger partial charge in [0.05, 0.1) is 6.61 Å². The highest BCUT2D eigenvalue weighted by Gasteiger charge is 2.06. The summed E-state index contributed by atoms with van der Waals surface area (Å²) < 4.78 is 4.46. The van der Waals surface area contributed by atoms with Crippen LogP contribution in [0.25, 0.3) is 0 Å². The van der Waals surface area contributed by atoms with E-state index in [1.54, 1.807) is 6.92 Å². The number of ether oxygens (including phenoxy) is 1. The fourth-order valence-corrected chi connectivity index (χ4v) is 0.448. The molecule has 0 saturated carbocycles. The van der Waals surface area contributed by atoms with Crippen LogP contribution in [0, 0.1) is 0 Å². The molecule has 0 spiro atoms. The zero-order chi connectivity index (χ0) is 10.1. The first kappa shape index (κ1) is 11.5. The Morgan fingerprint density at radius 3 is 2.54 bits per heavy atom. The summed E-state index contributed by atoms with van der Waals surface area (Å²) in [5, 5.41) is 0. The van der Waals surface area contributed by atoms with E-state index < -0.39 is 12.1 Å². The molecule has 0 radical (unpaired) electrons. The van der Waals surface area contributed by atoms with Gasteiger partial charge in [-0.05, 0) is 13.3 Å². The lowest BCUT2D eigenvalue weighted by molar-refractivity contribution is -0.238. The zero-order valence-corrected chi connectivity index (χ0v) is 7.61. The number of carbonyl (C=O) groups excluding carboxylic acids is 2. The minimum absolute atomic E-state index is 0.236. The molecule has 0 N–H and O–H groups in total. The molecule has 5 nitrogen and oxygen atoms in total. The Bertz CT molecular complexity index is 197. The highest BCUT2D eigenvalue weighted by Crippen LogP contribution is 1.90. The molecule has 0 unspecified atom stereocenters. The van der Waals surface area contributed by atoms with E-state index in [1.807, 2.05) is 6.92 Å². The maximum absolute atomic E-state index is 10.6. The third kappa shape index (κ3) is 6.86. The Labute approximate surface area is 76.2 Å². The standard InChI is InChI=1S/C8H12O5/c1-3-5-7(9)12-13-8(10)11-6-4-2/h3,5H,4,6H2,1-2H3. The summed E-state index contributed by atoms with van der Waals surface area (Å²) in [4.78, 5) is 29.2. The predicted molar refractivity (Wildman–Crippen MR) is 43.6 cm³/mol. The number of rotatable bonds is 3. The summed E-state index contributed by atoms with van der Waals surface area (Å²) in [6, 6.07) is 0. The van der Waals surface area contributed by atoms with Crippen molar-refractivity contribution in [3.63, 3.8) is 0 Å². The topological polar surface area (TPSA) is 61.8 Å². The van der Waals surface area contributed by atoms with Crippen molar-refractivity contribution in [2.45, 2.75) is 20.3 Å². The van der Waals surface area contributed by atoms with Crippen LogP contribution in [0.2, 0.25) is 0 Å². The largest absolute Gasteiger partial charge is 0.549 e. The minimum Gasteiger partial charge on any atom is -0.432 e. The molecule has 0 aromatic heterocycles. The first-order chi connectivity index (χ1) is 6.20. The second kappa shape index (κ2) is 7.15. The molecular weight excluding hydrogens is 176 g/mol. The summed E-state index contributed by atoms with van der Waals surface area (Å²) in [5.74, 6) is -0.754. The maximum Gasteiger partial charge on any atom is 0.549 e. The van der Waals surface area contributed by atoms with Gasteiger partial charge in [0.2, 0.25) is 0 Å². The van der Waals surface area contributed by atoms with Crippen molar-refractivity contribution in [2.24, 2.45) is 0 Å². The summed E-state index contributed by atoms with van der Waals surface area (Å²) in [5.41, 5.74) is 0. The smallest absolute Gasteiger partial charge is 0.432 e. The van der Waals surface area contributed by atoms with Crippen molar-refractivity contribution in [3.05, 3.63) is 12.2 Å². The van der Waals surface area contributed by atoms with Crippen molar-refractivity contribution in [2.75, 3.05) is 6.61 Å². The van der Waals surface area contributed by atoms with E-state index in [2.05, 4.69) is 14.5 Å². The Balaban J connectivity index is 3.52. The third-order valence-corrected chi connectivity index (χ3v) is 0.919.